The molecule has 0 aromatic heterocycles. The van der Waals surface area contributed by atoms with Gasteiger partial charge >= 0.3 is 0 Å². The number of aliphatic hydroxyl groups is 1. The fraction of sp³-hybridized carbons (Fsp3) is 0.625. The quantitative estimate of drug-likeness (QED) is 0.827. The van der Waals surface area contributed by atoms with Gasteiger partial charge < -0.3 is 5.11 Å². The number of hydrogen-bond donors (Lipinski definition) is 1. The molecule has 0 heterocycles. The lowest BCUT2D eigenvalue weighted by Crippen LogP contribution is -2.17. The third kappa shape index (κ3) is 3.07. The molecule has 1 aliphatic rings. The highest BCUT2D eigenvalue weighted by atomic mass is 35.5. The number of halogens is 1. The van der Waals surface area contributed by atoms with Crippen LogP contribution in [0.2, 0.25) is 5.02 Å². The SMILES string of the molecule is CCC(C)c1cc(C2CCC(O)CC2)ccc1Cl. The third-order valence-corrected chi connectivity index (χ3v) is 4.68. The third-order valence-electron chi connectivity index (χ3n) is 4.33. The van der Waals surface area contributed by atoms with E-state index in [1.54, 1.807) is 0 Å². The summed E-state index contributed by atoms with van der Waals surface area (Å²) in [7, 11) is 0. The molecule has 0 radical (unpaired) electrons. The predicted octanol–water partition coefficient (Wildman–Crippen LogP) is 4.87. The molecule has 100 valence electrons. The van der Waals surface area contributed by atoms with Crippen molar-refractivity contribution in [3.63, 3.8) is 0 Å². The van der Waals surface area contributed by atoms with Crippen molar-refractivity contribution in [3.05, 3.63) is 34.3 Å². The molecular formula is C16H23ClO. The second-order valence-corrected chi connectivity index (χ2v) is 6.00. The first-order valence-corrected chi connectivity index (χ1v) is 7.47. The Bertz CT molecular complexity index is 394. The molecule has 1 aliphatic carbocycles. The van der Waals surface area contributed by atoms with Crippen LogP contribution in [-0.4, -0.2) is 11.2 Å². The van der Waals surface area contributed by atoms with Crippen LogP contribution in [0, 0.1) is 0 Å². The molecule has 1 unspecified atom stereocenters. The van der Waals surface area contributed by atoms with Crippen molar-refractivity contribution in [1.82, 2.24) is 0 Å². The van der Waals surface area contributed by atoms with Crippen LogP contribution < -0.4 is 0 Å². The lowest BCUT2D eigenvalue weighted by atomic mass is 9.81. The van der Waals surface area contributed by atoms with E-state index in [9.17, 15) is 5.11 Å². The molecule has 0 aliphatic heterocycles. The van der Waals surface area contributed by atoms with Crippen molar-refractivity contribution in [2.45, 2.75) is 63.9 Å². The normalized spacial score (nSPS) is 26.0. The minimum Gasteiger partial charge on any atom is -0.393 e. The molecule has 1 atom stereocenters. The number of hydrogen-bond acceptors (Lipinski definition) is 1. The Hall–Kier alpha value is -0.530. The summed E-state index contributed by atoms with van der Waals surface area (Å²) >= 11 is 6.29. The highest BCUT2D eigenvalue weighted by Crippen LogP contribution is 2.36. The standard InChI is InChI=1S/C16H23ClO/c1-3-11(2)15-10-13(6-9-16(15)17)12-4-7-14(18)8-5-12/h6,9-12,14,18H,3-5,7-8H2,1-2H3. The maximum absolute atomic E-state index is 9.58. The van der Waals surface area contributed by atoms with Crippen LogP contribution in [0.25, 0.3) is 0 Å². The van der Waals surface area contributed by atoms with Crippen molar-refractivity contribution < 1.29 is 5.11 Å². The minimum absolute atomic E-state index is 0.0809. The van der Waals surface area contributed by atoms with Crippen LogP contribution in [0.1, 0.15) is 68.9 Å². The van der Waals surface area contributed by atoms with Gasteiger partial charge in [-0.25, -0.2) is 0 Å². The molecule has 2 rings (SSSR count). The van der Waals surface area contributed by atoms with E-state index in [0.29, 0.717) is 11.8 Å². The van der Waals surface area contributed by atoms with E-state index >= 15 is 0 Å². The van der Waals surface area contributed by atoms with Crippen molar-refractivity contribution in [2.24, 2.45) is 0 Å². The highest BCUT2D eigenvalue weighted by molar-refractivity contribution is 6.31. The summed E-state index contributed by atoms with van der Waals surface area (Å²) in [5, 5.41) is 10.5. The fourth-order valence-corrected chi connectivity index (χ4v) is 3.13. The average Bonchev–Trinajstić information content (AvgIpc) is 2.39. The average molecular weight is 267 g/mol. The van der Waals surface area contributed by atoms with Crippen LogP contribution in [0.5, 0.6) is 0 Å². The van der Waals surface area contributed by atoms with Gasteiger partial charge in [-0.15, -0.1) is 0 Å². The molecule has 1 aromatic rings. The topological polar surface area (TPSA) is 20.2 Å². The Morgan fingerprint density at radius 3 is 2.56 bits per heavy atom. The van der Waals surface area contributed by atoms with Gasteiger partial charge in [-0.2, -0.15) is 0 Å². The molecule has 0 saturated heterocycles. The van der Waals surface area contributed by atoms with Crippen LogP contribution in [-0.2, 0) is 0 Å². The fourth-order valence-electron chi connectivity index (χ4n) is 2.82. The lowest BCUT2D eigenvalue weighted by molar-refractivity contribution is 0.122. The smallest absolute Gasteiger partial charge is 0.0540 e. The van der Waals surface area contributed by atoms with Gasteiger partial charge in [0.1, 0.15) is 0 Å². The van der Waals surface area contributed by atoms with Crippen LogP contribution >= 0.6 is 11.6 Å². The van der Waals surface area contributed by atoms with Crippen LogP contribution in [0.4, 0.5) is 0 Å². The van der Waals surface area contributed by atoms with Crippen molar-refractivity contribution in [1.29, 1.82) is 0 Å². The van der Waals surface area contributed by atoms with Crippen molar-refractivity contribution in [2.75, 3.05) is 0 Å². The Kier molecular flexibility index (Phi) is 4.69. The highest BCUT2D eigenvalue weighted by Gasteiger charge is 2.21. The van der Waals surface area contributed by atoms with E-state index in [-0.39, 0.29) is 6.10 Å². The summed E-state index contributed by atoms with van der Waals surface area (Å²) in [5.41, 5.74) is 2.68. The largest absolute Gasteiger partial charge is 0.393 e. The summed E-state index contributed by atoms with van der Waals surface area (Å²) in [6.45, 7) is 4.43. The number of aliphatic hydroxyl groups excluding tert-OH is 1. The van der Waals surface area contributed by atoms with E-state index < -0.39 is 0 Å². The second-order valence-electron chi connectivity index (χ2n) is 5.60. The van der Waals surface area contributed by atoms with E-state index in [0.717, 1.165) is 37.1 Å². The van der Waals surface area contributed by atoms with Gasteiger partial charge in [0, 0.05) is 5.02 Å². The summed E-state index contributed by atoms with van der Waals surface area (Å²) < 4.78 is 0. The van der Waals surface area contributed by atoms with Gasteiger partial charge in [-0.05, 0) is 61.1 Å². The summed E-state index contributed by atoms with van der Waals surface area (Å²) in [6, 6.07) is 6.50. The zero-order valence-corrected chi connectivity index (χ0v) is 12.1. The molecule has 0 bridgehead atoms. The molecule has 18 heavy (non-hydrogen) atoms. The molecule has 1 fully saturated rings. The first kappa shape index (κ1) is 13.9. The van der Waals surface area contributed by atoms with Gasteiger partial charge in [0.05, 0.1) is 6.10 Å². The molecule has 1 nitrogen and oxygen atoms in total. The van der Waals surface area contributed by atoms with E-state index in [1.165, 1.54) is 11.1 Å². The number of benzene rings is 1. The van der Waals surface area contributed by atoms with Crippen molar-refractivity contribution in [3.8, 4) is 0 Å². The number of rotatable bonds is 3. The molecule has 1 aromatic carbocycles. The molecule has 1 saturated carbocycles. The van der Waals surface area contributed by atoms with E-state index in [2.05, 4.69) is 26.0 Å². The Labute approximate surface area is 115 Å². The maximum Gasteiger partial charge on any atom is 0.0540 e. The van der Waals surface area contributed by atoms with Gasteiger partial charge in [-0.1, -0.05) is 37.6 Å². The molecule has 1 N–H and O–H groups in total. The Morgan fingerprint density at radius 2 is 1.94 bits per heavy atom. The summed E-state index contributed by atoms with van der Waals surface area (Å²) in [4.78, 5) is 0. The molecular weight excluding hydrogens is 244 g/mol. The lowest BCUT2D eigenvalue weighted by Gasteiger charge is -2.26. The van der Waals surface area contributed by atoms with Gasteiger partial charge in [0.25, 0.3) is 0 Å². The zero-order chi connectivity index (χ0) is 13.1. The Balaban J connectivity index is 2.19. The van der Waals surface area contributed by atoms with Crippen molar-refractivity contribution >= 4 is 11.6 Å². The Morgan fingerprint density at radius 1 is 1.28 bits per heavy atom. The molecule has 2 heteroatoms. The predicted molar refractivity (Wildman–Crippen MR) is 77.4 cm³/mol. The molecule has 0 amide bonds. The van der Waals surface area contributed by atoms with Gasteiger partial charge in [0.2, 0.25) is 0 Å². The second kappa shape index (κ2) is 6.08. The van der Waals surface area contributed by atoms with E-state index in [1.807, 2.05) is 6.07 Å². The maximum atomic E-state index is 9.58. The first-order chi connectivity index (χ1) is 8.61. The van der Waals surface area contributed by atoms with Gasteiger partial charge in [0.15, 0.2) is 0 Å². The summed E-state index contributed by atoms with van der Waals surface area (Å²) in [6.07, 6.45) is 5.11. The zero-order valence-electron chi connectivity index (χ0n) is 11.3. The summed E-state index contributed by atoms with van der Waals surface area (Å²) in [5.74, 6) is 1.13. The minimum atomic E-state index is -0.0809. The molecule has 0 spiro atoms. The van der Waals surface area contributed by atoms with E-state index in [4.69, 9.17) is 11.6 Å². The van der Waals surface area contributed by atoms with Crippen LogP contribution in [0.3, 0.4) is 0 Å². The first-order valence-electron chi connectivity index (χ1n) is 7.09. The van der Waals surface area contributed by atoms with Gasteiger partial charge in [-0.3, -0.25) is 0 Å². The van der Waals surface area contributed by atoms with Crippen LogP contribution in [0.15, 0.2) is 18.2 Å². The monoisotopic (exact) mass is 266 g/mol.